The Morgan fingerprint density at radius 3 is 2.66 bits per heavy atom. The van der Waals surface area contributed by atoms with Crippen LogP contribution in [0.25, 0.3) is 0 Å². The molecule has 2 aromatic carbocycles. The molecule has 29 heavy (non-hydrogen) atoms. The number of anilines is 2. The average Bonchev–Trinajstić information content (AvgIpc) is 3.12. The lowest BCUT2D eigenvalue weighted by atomic mass is 10.2. The Kier molecular flexibility index (Phi) is 6.39. The number of carbonyl (C=O) groups excluding carboxylic acids is 1. The standard InChI is InChI=1S/C19H21ClN2O6S/c1-26-16-8-6-14(11-15(16)20)22(29(2,24)25)9-3-4-19(23)21-13-5-7-17-18(10-13)28-12-27-17/h5-8,10-11H,3-4,9,12H2,1-2H3,(H,21,23). The van der Waals surface area contributed by atoms with E-state index in [1.165, 1.54) is 17.5 Å². The lowest BCUT2D eigenvalue weighted by Gasteiger charge is -2.23. The summed E-state index contributed by atoms with van der Waals surface area (Å²) in [6, 6.07) is 9.85. The third-order valence-electron chi connectivity index (χ3n) is 4.25. The van der Waals surface area contributed by atoms with Crippen LogP contribution in [0.5, 0.6) is 17.2 Å². The lowest BCUT2D eigenvalue weighted by molar-refractivity contribution is -0.116. The molecule has 0 saturated heterocycles. The van der Waals surface area contributed by atoms with Gasteiger partial charge in [-0.15, -0.1) is 0 Å². The first-order chi connectivity index (χ1) is 13.8. The fraction of sp³-hybridized carbons (Fsp3) is 0.316. The number of nitrogens with zero attached hydrogens (tertiary/aromatic N) is 1. The first-order valence-electron chi connectivity index (χ1n) is 8.78. The number of carbonyl (C=O) groups is 1. The molecule has 0 spiro atoms. The summed E-state index contributed by atoms with van der Waals surface area (Å²) in [7, 11) is -2.07. The summed E-state index contributed by atoms with van der Waals surface area (Å²) in [6.45, 7) is 0.291. The summed E-state index contributed by atoms with van der Waals surface area (Å²) in [5.74, 6) is 1.42. The van der Waals surface area contributed by atoms with Gasteiger partial charge in [-0.25, -0.2) is 8.42 Å². The summed E-state index contributed by atoms with van der Waals surface area (Å²) in [5.41, 5.74) is 0.996. The Labute approximate surface area is 174 Å². The number of rotatable bonds is 8. The first-order valence-corrected chi connectivity index (χ1v) is 11.0. The van der Waals surface area contributed by atoms with Crippen LogP contribution in [0.1, 0.15) is 12.8 Å². The van der Waals surface area contributed by atoms with Gasteiger partial charge in [0.25, 0.3) is 0 Å². The minimum absolute atomic E-state index is 0.135. The molecule has 0 aromatic heterocycles. The van der Waals surface area contributed by atoms with Crippen LogP contribution in [0.3, 0.4) is 0 Å². The Morgan fingerprint density at radius 2 is 1.97 bits per heavy atom. The van der Waals surface area contributed by atoms with E-state index in [0.717, 1.165) is 6.26 Å². The molecule has 156 valence electrons. The number of methoxy groups -OCH3 is 1. The molecule has 1 aliphatic rings. The number of nitrogens with one attached hydrogen (secondary N) is 1. The van der Waals surface area contributed by atoms with Crippen molar-refractivity contribution >= 4 is 38.9 Å². The molecule has 0 unspecified atom stereocenters. The highest BCUT2D eigenvalue weighted by atomic mass is 35.5. The van der Waals surface area contributed by atoms with Gasteiger partial charge in [0, 0.05) is 24.7 Å². The molecule has 0 radical (unpaired) electrons. The van der Waals surface area contributed by atoms with Gasteiger partial charge in [-0.3, -0.25) is 9.10 Å². The number of halogens is 1. The van der Waals surface area contributed by atoms with Crippen LogP contribution in [-0.2, 0) is 14.8 Å². The van der Waals surface area contributed by atoms with Gasteiger partial charge in [-0.1, -0.05) is 11.6 Å². The second-order valence-corrected chi connectivity index (χ2v) is 8.69. The van der Waals surface area contributed by atoms with Crippen molar-refractivity contribution in [2.45, 2.75) is 12.8 Å². The van der Waals surface area contributed by atoms with E-state index in [-0.39, 0.29) is 25.7 Å². The predicted molar refractivity (Wildman–Crippen MR) is 111 cm³/mol. The zero-order valence-corrected chi connectivity index (χ0v) is 17.5. The van der Waals surface area contributed by atoms with Crippen molar-refractivity contribution in [3.63, 3.8) is 0 Å². The van der Waals surface area contributed by atoms with E-state index < -0.39 is 10.0 Å². The molecule has 0 atom stereocenters. The summed E-state index contributed by atoms with van der Waals surface area (Å²) >= 11 is 6.11. The SMILES string of the molecule is COc1ccc(N(CCCC(=O)Nc2ccc3c(c2)OCO3)S(C)(=O)=O)cc1Cl. The third kappa shape index (κ3) is 5.24. The highest BCUT2D eigenvalue weighted by Gasteiger charge is 2.19. The Hall–Kier alpha value is -2.65. The molecular formula is C19H21ClN2O6S. The summed E-state index contributed by atoms with van der Waals surface area (Å²) in [4.78, 5) is 12.2. The van der Waals surface area contributed by atoms with Crippen LogP contribution < -0.4 is 23.8 Å². The van der Waals surface area contributed by atoms with Crippen LogP contribution in [0.15, 0.2) is 36.4 Å². The van der Waals surface area contributed by atoms with Crippen LogP contribution >= 0.6 is 11.6 Å². The lowest BCUT2D eigenvalue weighted by Crippen LogP contribution is -2.31. The molecule has 1 heterocycles. The molecule has 1 aliphatic heterocycles. The zero-order valence-electron chi connectivity index (χ0n) is 16.0. The van der Waals surface area contributed by atoms with Crippen molar-refractivity contribution in [1.82, 2.24) is 0 Å². The van der Waals surface area contributed by atoms with E-state index in [0.29, 0.717) is 40.1 Å². The molecule has 8 nitrogen and oxygen atoms in total. The molecule has 0 saturated carbocycles. The molecule has 0 fully saturated rings. The second-order valence-electron chi connectivity index (χ2n) is 6.37. The van der Waals surface area contributed by atoms with Crippen LogP contribution in [0.4, 0.5) is 11.4 Å². The molecule has 0 aliphatic carbocycles. The first kappa shape index (κ1) is 21.1. The summed E-state index contributed by atoms with van der Waals surface area (Å²) in [6.07, 6.45) is 1.58. The summed E-state index contributed by atoms with van der Waals surface area (Å²) in [5, 5.41) is 3.07. The van der Waals surface area contributed by atoms with Crippen LogP contribution in [-0.4, -0.2) is 41.0 Å². The Morgan fingerprint density at radius 1 is 1.21 bits per heavy atom. The van der Waals surface area contributed by atoms with Crippen molar-refractivity contribution in [2.24, 2.45) is 0 Å². The second kappa shape index (κ2) is 8.79. The number of fused-ring (bicyclic) bond motifs is 1. The maximum absolute atomic E-state index is 12.2. The van der Waals surface area contributed by atoms with E-state index in [4.69, 9.17) is 25.8 Å². The largest absolute Gasteiger partial charge is 0.495 e. The maximum Gasteiger partial charge on any atom is 0.232 e. The molecular weight excluding hydrogens is 420 g/mol. The third-order valence-corrected chi connectivity index (χ3v) is 5.73. The number of ether oxygens (including phenoxy) is 3. The number of benzene rings is 2. The number of hydrogen-bond acceptors (Lipinski definition) is 6. The number of sulfonamides is 1. The van der Waals surface area contributed by atoms with Gasteiger partial charge in [-0.2, -0.15) is 0 Å². The fourth-order valence-corrected chi connectivity index (χ4v) is 4.09. The monoisotopic (exact) mass is 440 g/mol. The quantitative estimate of drug-likeness (QED) is 0.677. The highest BCUT2D eigenvalue weighted by Crippen LogP contribution is 2.34. The van der Waals surface area contributed by atoms with Crippen LogP contribution in [0.2, 0.25) is 5.02 Å². The van der Waals surface area contributed by atoms with Crippen molar-refractivity contribution < 1.29 is 27.4 Å². The van der Waals surface area contributed by atoms with Gasteiger partial charge < -0.3 is 19.5 Å². The molecule has 1 amide bonds. The smallest absolute Gasteiger partial charge is 0.232 e. The Bertz CT molecular complexity index is 1010. The highest BCUT2D eigenvalue weighted by molar-refractivity contribution is 7.92. The van der Waals surface area contributed by atoms with E-state index in [1.54, 1.807) is 30.3 Å². The van der Waals surface area contributed by atoms with Gasteiger partial charge in [0.1, 0.15) is 5.75 Å². The van der Waals surface area contributed by atoms with Crippen molar-refractivity contribution in [3.05, 3.63) is 41.4 Å². The average molecular weight is 441 g/mol. The minimum Gasteiger partial charge on any atom is -0.495 e. The van der Waals surface area contributed by atoms with Gasteiger partial charge >= 0.3 is 0 Å². The van der Waals surface area contributed by atoms with Gasteiger partial charge in [-0.05, 0) is 36.8 Å². The van der Waals surface area contributed by atoms with Gasteiger partial charge in [0.2, 0.25) is 22.7 Å². The number of amides is 1. The fourth-order valence-electron chi connectivity index (χ4n) is 2.88. The normalized spacial score (nSPS) is 12.5. The van der Waals surface area contributed by atoms with E-state index >= 15 is 0 Å². The zero-order chi connectivity index (χ0) is 21.0. The molecule has 10 heteroatoms. The van der Waals surface area contributed by atoms with E-state index in [1.807, 2.05) is 0 Å². The maximum atomic E-state index is 12.2. The molecule has 0 bridgehead atoms. The molecule has 1 N–H and O–H groups in total. The van der Waals surface area contributed by atoms with E-state index in [9.17, 15) is 13.2 Å². The Balaban J connectivity index is 1.60. The summed E-state index contributed by atoms with van der Waals surface area (Å²) < 4.78 is 41.2. The van der Waals surface area contributed by atoms with Crippen LogP contribution in [0, 0.1) is 0 Å². The van der Waals surface area contributed by atoms with Crippen molar-refractivity contribution in [3.8, 4) is 17.2 Å². The topological polar surface area (TPSA) is 94.2 Å². The number of hydrogen-bond donors (Lipinski definition) is 1. The van der Waals surface area contributed by atoms with Gasteiger partial charge in [0.05, 0.1) is 24.1 Å². The van der Waals surface area contributed by atoms with Gasteiger partial charge in [0.15, 0.2) is 11.5 Å². The molecule has 2 aromatic rings. The van der Waals surface area contributed by atoms with E-state index in [2.05, 4.69) is 5.32 Å². The van der Waals surface area contributed by atoms with Crippen molar-refractivity contribution in [2.75, 3.05) is 36.3 Å². The minimum atomic E-state index is -3.55. The van der Waals surface area contributed by atoms with Crippen molar-refractivity contribution in [1.29, 1.82) is 0 Å². The predicted octanol–water partition coefficient (Wildman–Crippen LogP) is 3.26. The molecule has 3 rings (SSSR count).